The Morgan fingerprint density at radius 2 is 1.28 bits per heavy atom. The molecule has 0 saturated heterocycles. The highest BCUT2D eigenvalue weighted by molar-refractivity contribution is 7.98. The molecule has 0 fully saturated rings. The summed E-state index contributed by atoms with van der Waals surface area (Å²) < 4.78 is 0. The Balaban J connectivity index is 5.28. The fourth-order valence-electron chi connectivity index (χ4n) is 2.79. The number of Topliss-reactive ketones (excluding diaryl/α,β-unsaturated/α-hetero) is 1. The molecule has 0 radical (unpaired) electrons. The molecule has 0 aromatic carbocycles. The highest BCUT2D eigenvalue weighted by Crippen LogP contribution is 2.10. The van der Waals surface area contributed by atoms with Gasteiger partial charge in [-0.3, -0.25) is 19.2 Å². The molecule has 0 aromatic heterocycles. The maximum absolute atomic E-state index is 12.9. The Morgan fingerprint density at radius 3 is 1.72 bits per heavy atom. The quantitative estimate of drug-likeness (QED) is 0.355. The van der Waals surface area contributed by atoms with Gasteiger partial charge in [0.25, 0.3) is 0 Å². The summed E-state index contributed by atoms with van der Waals surface area (Å²) in [5.74, 6) is 0.602. The van der Waals surface area contributed by atoms with Crippen LogP contribution in [0, 0.1) is 5.92 Å². The van der Waals surface area contributed by atoms with Crippen molar-refractivity contribution in [2.24, 2.45) is 5.92 Å². The van der Waals surface area contributed by atoms with Crippen LogP contribution < -0.4 is 16.0 Å². The van der Waals surface area contributed by atoms with Gasteiger partial charge < -0.3 is 16.0 Å². The summed E-state index contributed by atoms with van der Waals surface area (Å²) in [6.45, 7) is 7.07. The van der Waals surface area contributed by atoms with E-state index in [0.29, 0.717) is 31.4 Å². The fraction of sp³-hybridized carbons (Fsp3) is 0.800. The van der Waals surface area contributed by atoms with Crippen LogP contribution in [0.2, 0.25) is 0 Å². The van der Waals surface area contributed by atoms with Gasteiger partial charge in [0.2, 0.25) is 17.7 Å². The molecule has 9 heteroatoms. The normalized spacial score (nSPS) is 14.0. The summed E-state index contributed by atoms with van der Waals surface area (Å²) in [6.07, 6.45) is 5.71. The lowest BCUT2D eigenvalue weighted by Gasteiger charge is -2.26. The molecule has 3 N–H and O–H groups in total. The number of hydrogen-bond donors (Lipinski definition) is 3. The predicted molar refractivity (Wildman–Crippen MR) is 122 cm³/mol. The fourth-order valence-corrected chi connectivity index (χ4v) is 3.74. The van der Waals surface area contributed by atoms with E-state index in [4.69, 9.17) is 0 Å². The zero-order valence-electron chi connectivity index (χ0n) is 18.5. The molecule has 0 aromatic rings. The highest BCUT2D eigenvalue weighted by atomic mass is 32.2. The number of hydrogen-bond acceptors (Lipinski definition) is 6. The molecule has 3 unspecified atom stereocenters. The minimum Gasteiger partial charge on any atom is -0.345 e. The van der Waals surface area contributed by atoms with Gasteiger partial charge in [0, 0.05) is 13.3 Å². The van der Waals surface area contributed by atoms with Gasteiger partial charge in [-0.15, -0.1) is 0 Å². The van der Waals surface area contributed by atoms with E-state index in [1.165, 1.54) is 6.92 Å². The van der Waals surface area contributed by atoms with Crippen LogP contribution in [0.3, 0.4) is 0 Å². The average Bonchev–Trinajstić information content (AvgIpc) is 2.66. The van der Waals surface area contributed by atoms with Crippen molar-refractivity contribution < 1.29 is 19.2 Å². The lowest BCUT2D eigenvalue weighted by Crippen LogP contribution is -2.56. The van der Waals surface area contributed by atoms with E-state index in [9.17, 15) is 19.2 Å². The van der Waals surface area contributed by atoms with Gasteiger partial charge in [-0.2, -0.15) is 23.5 Å². The summed E-state index contributed by atoms with van der Waals surface area (Å²) in [6, 6.07) is -1.99. The molecule has 0 aliphatic carbocycles. The van der Waals surface area contributed by atoms with Crippen LogP contribution in [0.25, 0.3) is 0 Å². The van der Waals surface area contributed by atoms with Crippen molar-refractivity contribution in [3.63, 3.8) is 0 Å². The Bertz CT molecular complexity index is 544. The third kappa shape index (κ3) is 12.2. The van der Waals surface area contributed by atoms with Crippen LogP contribution in [-0.2, 0) is 19.2 Å². The minimum atomic E-state index is -0.755. The van der Waals surface area contributed by atoms with Crippen molar-refractivity contribution in [1.29, 1.82) is 0 Å². The minimum absolute atomic E-state index is 0.0156. The van der Waals surface area contributed by atoms with Gasteiger partial charge in [0.15, 0.2) is 5.78 Å². The molecule has 0 saturated carbocycles. The van der Waals surface area contributed by atoms with Gasteiger partial charge in [-0.25, -0.2) is 0 Å². The Morgan fingerprint density at radius 1 is 0.793 bits per heavy atom. The van der Waals surface area contributed by atoms with Crippen LogP contribution in [-0.4, -0.2) is 65.6 Å². The monoisotopic (exact) mass is 447 g/mol. The molecular weight excluding hydrogens is 410 g/mol. The second kappa shape index (κ2) is 15.6. The van der Waals surface area contributed by atoms with Crippen LogP contribution in [0.1, 0.15) is 53.4 Å². The highest BCUT2D eigenvalue weighted by Gasteiger charge is 2.29. The zero-order chi connectivity index (χ0) is 22.4. The first kappa shape index (κ1) is 27.8. The van der Waals surface area contributed by atoms with Gasteiger partial charge in [-0.05, 0) is 49.2 Å². The first-order valence-electron chi connectivity index (χ1n) is 10.0. The van der Waals surface area contributed by atoms with Gasteiger partial charge in [0.05, 0.1) is 6.04 Å². The lowest BCUT2D eigenvalue weighted by atomic mass is 10.0. The van der Waals surface area contributed by atoms with E-state index in [-0.39, 0.29) is 29.4 Å². The van der Waals surface area contributed by atoms with E-state index in [2.05, 4.69) is 16.0 Å². The Hall–Kier alpha value is -1.22. The Labute approximate surface area is 183 Å². The molecule has 7 nitrogen and oxygen atoms in total. The van der Waals surface area contributed by atoms with E-state index in [1.54, 1.807) is 30.4 Å². The molecule has 168 valence electrons. The van der Waals surface area contributed by atoms with Crippen LogP contribution >= 0.6 is 23.5 Å². The predicted octanol–water partition coefficient (Wildman–Crippen LogP) is 1.99. The van der Waals surface area contributed by atoms with E-state index in [0.717, 1.165) is 5.75 Å². The summed E-state index contributed by atoms with van der Waals surface area (Å²) in [5, 5.41) is 8.27. The van der Waals surface area contributed by atoms with Crippen molar-refractivity contribution in [2.75, 3.05) is 24.0 Å². The molecule has 0 aliphatic rings. The van der Waals surface area contributed by atoms with E-state index < -0.39 is 18.1 Å². The first-order chi connectivity index (χ1) is 13.7. The number of rotatable bonds is 15. The number of carbonyl (C=O) groups excluding carboxylic acids is 4. The van der Waals surface area contributed by atoms with Gasteiger partial charge >= 0.3 is 0 Å². The number of ketones is 1. The van der Waals surface area contributed by atoms with E-state index in [1.807, 2.05) is 26.4 Å². The smallest absolute Gasteiger partial charge is 0.243 e. The number of amides is 3. The summed E-state index contributed by atoms with van der Waals surface area (Å²) in [5.41, 5.74) is 0. The van der Waals surface area contributed by atoms with Crippen molar-refractivity contribution in [1.82, 2.24) is 16.0 Å². The largest absolute Gasteiger partial charge is 0.345 e. The average molecular weight is 448 g/mol. The summed E-state index contributed by atoms with van der Waals surface area (Å²) >= 11 is 3.20. The van der Waals surface area contributed by atoms with Crippen molar-refractivity contribution in [3.8, 4) is 0 Å². The number of thioether (sulfide) groups is 2. The zero-order valence-corrected chi connectivity index (χ0v) is 20.1. The molecule has 0 bridgehead atoms. The van der Waals surface area contributed by atoms with Gasteiger partial charge in [-0.1, -0.05) is 20.8 Å². The van der Waals surface area contributed by atoms with Crippen LogP contribution in [0.4, 0.5) is 0 Å². The second-order valence-corrected chi connectivity index (χ2v) is 9.36. The molecule has 3 atom stereocenters. The molecule has 29 heavy (non-hydrogen) atoms. The summed E-state index contributed by atoms with van der Waals surface area (Å²) in [7, 11) is 0. The van der Waals surface area contributed by atoms with Gasteiger partial charge in [0.1, 0.15) is 12.1 Å². The maximum Gasteiger partial charge on any atom is 0.243 e. The van der Waals surface area contributed by atoms with Crippen molar-refractivity contribution in [2.45, 2.75) is 71.5 Å². The second-order valence-electron chi connectivity index (χ2n) is 7.39. The third-order valence-corrected chi connectivity index (χ3v) is 5.60. The summed E-state index contributed by atoms with van der Waals surface area (Å²) in [4.78, 5) is 49.3. The molecule has 0 rings (SSSR count). The van der Waals surface area contributed by atoms with Crippen molar-refractivity contribution in [3.05, 3.63) is 0 Å². The number of nitrogens with one attached hydrogen (secondary N) is 3. The molecular formula is C20H37N3O4S2. The van der Waals surface area contributed by atoms with Crippen LogP contribution in [0.5, 0.6) is 0 Å². The maximum atomic E-state index is 12.9. The van der Waals surface area contributed by atoms with Crippen LogP contribution in [0.15, 0.2) is 0 Å². The third-order valence-electron chi connectivity index (χ3n) is 4.31. The molecule has 0 spiro atoms. The van der Waals surface area contributed by atoms with Crippen molar-refractivity contribution >= 4 is 47.0 Å². The molecule has 3 amide bonds. The lowest BCUT2D eigenvalue weighted by molar-refractivity contribution is -0.133. The first-order valence-corrected chi connectivity index (χ1v) is 12.8. The SMILES string of the molecule is CCC(=O)C(CCSC)NC(=O)C(CC(C)C)NC(=O)C(CCSC)NC(C)=O. The Kier molecular flexibility index (Phi) is 14.9. The van der Waals surface area contributed by atoms with E-state index >= 15 is 0 Å². The topological polar surface area (TPSA) is 104 Å². The molecule has 0 heterocycles. The standard InChI is InChI=1S/C20H37N3O4S2/c1-7-18(25)15(8-10-28-5)22-20(27)17(12-13(2)3)23-19(26)16(9-11-29-6)21-14(4)24/h13,15-17H,7-12H2,1-6H3,(H,21,24)(H,22,27)(H,23,26). The molecule has 0 aliphatic heterocycles. The number of carbonyl (C=O) groups is 4.